The van der Waals surface area contributed by atoms with Crippen LogP contribution in [0.1, 0.15) is 30.0 Å². The van der Waals surface area contributed by atoms with Crippen LogP contribution in [-0.4, -0.2) is 47.8 Å². The molecule has 0 bridgehead atoms. The van der Waals surface area contributed by atoms with Gasteiger partial charge in [-0.05, 0) is 37.0 Å². The third-order valence-electron chi connectivity index (χ3n) is 5.23. The molecule has 6 heteroatoms. The normalized spacial score (nSPS) is 22.8. The van der Waals surface area contributed by atoms with Crippen LogP contribution < -0.4 is 9.47 Å². The Morgan fingerprint density at radius 3 is 3.12 bits per heavy atom. The summed E-state index contributed by atoms with van der Waals surface area (Å²) >= 11 is 0. The number of carbonyl (C=O) groups is 1. The molecule has 2 aliphatic rings. The third kappa shape index (κ3) is 3.21. The van der Waals surface area contributed by atoms with E-state index in [1.54, 1.807) is 13.3 Å². The number of aromatic amines is 1. The number of hydrogen-bond donors (Lipinski definition) is 1. The molecule has 25 heavy (non-hydrogen) atoms. The Bertz CT molecular complexity index is 744. The third-order valence-corrected chi connectivity index (χ3v) is 5.23. The second-order valence-corrected chi connectivity index (χ2v) is 6.82. The first-order valence-electron chi connectivity index (χ1n) is 8.82. The highest BCUT2D eigenvalue weighted by Gasteiger charge is 2.33. The molecule has 0 aliphatic carbocycles. The Labute approximate surface area is 147 Å². The summed E-state index contributed by atoms with van der Waals surface area (Å²) in [6.07, 6.45) is 4.62. The van der Waals surface area contributed by atoms with Crippen molar-refractivity contribution in [1.29, 1.82) is 0 Å². The minimum absolute atomic E-state index is 0.110. The van der Waals surface area contributed by atoms with Crippen molar-refractivity contribution in [2.45, 2.75) is 25.2 Å². The SMILES string of the molecule is COc1ccc2c(c1)OC[C@@H](C(=O)N1CCC[C@H](c3ccn[nH]3)C1)C2. The number of nitrogens with one attached hydrogen (secondary N) is 1. The van der Waals surface area contributed by atoms with E-state index in [0.717, 1.165) is 55.1 Å². The lowest BCUT2D eigenvalue weighted by molar-refractivity contribution is -0.138. The van der Waals surface area contributed by atoms with E-state index in [-0.39, 0.29) is 11.8 Å². The number of rotatable bonds is 3. The zero-order valence-corrected chi connectivity index (χ0v) is 14.4. The molecule has 1 aromatic carbocycles. The summed E-state index contributed by atoms with van der Waals surface area (Å²) < 4.78 is 11.1. The predicted octanol–water partition coefficient (Wildman–Crippen LogP) is 2.38. The smallest absolute Gasteiger partial charge is 0.229 e. The first-order valence-corrected chi connectivity index (χ1v) is 8.82. The van der Waals surface area contributed by atoms with Crippen LogP contribution in [0.15, 0.2) is 30.5 Å². The van der Waals surface area contributed by atoms with Crippen molar-refractivity contribution in [1.82, 2.24) is 15.1 Å². The number of H-pyrrole nitrogens is 1. The van der Waals surface area contributed by atoms with E-state index in [0.29, 0.717) is 12.5 Å². The summed E-state index contributed by atoms with van der Waals surface area (Å²) in [6.45, 7) is 2.02. The van der Waals surface area contributed by atoms with Crippen molar-refractivity contribution in [3.05, 3.63) is 41.7 Å². The highest BCUT2D eigenvalue weighted by molar-refractivity contribution is 5.80. The number of aromatic nitrogens is 2. The Kier molecular flexibility index (Phi) is 4.34. The monoisotopic (exact) mass is 341 g/mol. The van der Waals surface area contributed by atoms with Gasteiger partial charge in [-0.1, -0.05) is 6.07 Å². The van der Waals surface area contributed by atoms with Crippen LogP contribution in [-0.2, 0) is 11.2 Å². The van der Waals surface area contributed by atoms with Gasteiger partial charge < -0.3 is 14.4 Å². The molecule has 2 aliphatic heterocycles. The van der Waals surface area contributed by atoms with E-state index in [2.05, 4.69) is 10.2 Å². The maximum atomic E-state index is 13.0. The van der Waals surface area contributed by atoms with Gasteiger partial charge in [0.1, 0.15) is 18.1 Å². The molecule has 1 aromatic heterocycles. The van der Waals surface area contributed by atoms with Gasteiger partial charge in [-0.25, -0.2) is 0 Å². The van der Waals surface area contributed by atoms with Gasteiger partial charge in [0.15, 0.2) is 0 Å². The maximum Gasteiger partial charge on any atom is 0.229 e. The van der Waals surface area contributed by atoms with Crippen molar-refractivity contribution in [3.63, 3.8) is 0 Å². The van der Waals surface area contributed by atoms with E-state index in [4.69, 9.17) is 9.47 Å². The van der Waals surface area contributed by atoms with E-state index in [1.165, 1.54) is 0 Å². The average molecular weight is 341 g/mol. The number of amides is 1. The zero-order chi connectivity index (χ0) is 17.2. The molecular weight excluding hydrogens is 318 g/mol. The van der Waals surface area contributed by atoms with Crippen LogP contribution in [0.3, 0.4) is 0 Å². The topological polar surface area (TPSA) is 67.5 Å². The van der Waals surface area contributed by atoms with Crippen LogP contribution >= 0.6 is 0 Å². The van der Waals surface area contributed by atoms with E-state index < -0.39 is 0 Å². The molecule has 2 atom stereocenters. The predicted molar refractivity (Wildman–Crippen MR) is 92.8 cm³/mol. The Balaban J connectivity index is 1.44. The number of ether oxygens (including phenoxy) is 2. The summed E-state index contributed by atoms with van der Waals surface area (Å²) in [5.41, 5.74) is 2.20. The molecule has 1 fully saturated rings. The standard InChI is InChI=1S/C19H23N3O3/c1-24-16-5-4-13-9-15(12-25-18(13)10-16)19(23)22-8-2-3-14(11-22)17-6-7-20-21-17/h4-7,10,14-15H,2-3,8-9,11-12H2,1H3,(H,20,21)/t14-,15-/m0/s1. The summed E-state index contributed by atoms with van der Waals surface area (Å²) in [6, 6.07) is 7.82. The van der Waals surface area contributed by atoms with E-state index >= 15 is 0 Å². The molecule has 0 saturated carbocycles. The molecular formula is C19H23N3O3. The average Bonchev–Trinajstić information content (AvgIpc) is 3.21. The van der Waals surface area contributed by atoms with Gasteiger partial charge in [-0.3, -0.25) is 9.89 Å². The molecule has 6 nitrogen and oxygen atoms in total. The summed E-state index contributed by atoms with van der Waals surface area (Å²) in [4.78, 5) is 15.0. The van der Waals surface area contributed by atoms with Gasteiger partial charge in [0, 0.05) is 37.0 Å². The fraction of sp³-hybridized carbons (Fsp3) is 0.474. The molecule has 1 N–H and O–H groups in total. The molecule has 0 unspecified atom stereocenters. The zero-order valence-electron chi connectivity index (χ0n) is 14.4. The number of piperidine rings is 1. The highest BCUT2D eigenvalue weighted by Crippen LogP contribution is 2.33. The molecule has 2 aromatic rings. The number of benzene rings is 1. The van der Waals surface area contributed by atoms with Gasteiger partial charge in [0.05, 0.1) is 13.0 Å². The van der Waals surface area contributed by atoms with Gasteiger partial charge in [-0.15, -0.1) is 0 Å². The van der Waals surface area contributed by atoms with Crippen molar-refractivity contribution in [2.24, 2.45) is 5.92 Å². The molecule has 0 radical (unpaired) electrons. The lowest BCUT2D eigenvalue weighted by Gasteiger charge is -2.35. The summed E-state index contributed by atoms with van der Waals surface area (Å²) in [5.74, 6) is 2.05. The van der Waals surface area contributed by atoms with Gasteiger partial charge >= 0.3 is 0 Å². The Morgan fingerprint density at radius 2 is 2.32 bits per heavy atom. The van der Waals surface area contributed by atoms with Crippen molar-refractivity contribution >= 4 is 5.91 Å². The van der Waals surface area contributed by atoms with Crippen molar-refractivity contribution in [3.8, 4) is 11.5 Å². The number of hydrogen-bond acceptors (Lipinski definition) is 4. The lowest BCUT2D eigenvalue weighted by atomic mass is 9.91. The van der Waals surface area contributed by atoms with Crippen LogP contribution in [0.25, 0.3) is 0 Å². The summed E-state index contributed by atoms with van der Waals surface area (Å²) in [5, 5.41) is 7.08. The number of nitrogens with zero attached hydrogens (tertiary/aromatic N) is 2. The lowest BCUT2D eigenvalue weighted by Crippen LogP contribution is -2.45. The first-order chi connectivity index (χ1) is 12.2. The van der Waals surface area contributed by atoms with E-state index in [9.17, 15) is 4.79 Å². The molecule has 132 valence electrons. The van der Waals surface area contributed by atoms with Crippen LogP contribution in [0.4, 0.5) is 0 Å². The fourth-order valence-corrected chi connectivity index (χ4v) is 3.82. The van der Waals surface area contributed by atoms with E-state index in [1.807, 2.05) is 29.2 Å². The largest absolute Gasteiger partial charge is 0.497 e. The molecule has 1 amide bonds. The number of likely N-dealkylation sites (tertiary alicyclic amines) is 1. The maximum absolute atomic E-state index is 13.0. The fourth-order valence-electron chi connectivity index (χ4n) is 3.82. The van der Waals surface area contributed by atoms with Gasteiger partial charge in [-0.2, -0.15) is 5.10 Å². The number of methoxy groups -OCH3 is 1. The molecule has 1 saturated heterocycles. The molecule has 0 spiro atoms. The van der Waals surface area contributed by atoms with Crippen molar-refractivity contribution in [2.75, 3.05) is 26.8 Å². The van der Waals surface area contributed by atoms with Crippen LogP contribution in [0, 0.1) is 5.92 Å². The number of fused-ring (bicyclic) bond motifs is 1. The minimum atomic E-state index is -0.110. The van der Waals surface area contributed by atoms with Crippen molar-refractivity contribution < 1.29 is 14.3 Å². The minimum Gasteiger partial charge on any atom is -0.497 e. The molecule has 3 heterocycles. The second kappa shape index (κ2) is 6.78. The van der Waals surface area contributed by atoms with Crippen LogP contribution in [0.5, 0.6) is 11.5 Å². The second-order valence-electron chi connectivity index (χ2n) is 6.82. The first kappa shape index (κ1) is 16.0. The van der Waals surface area contributed by atoms with Gasteiger partial charge in [0.2, 0.25) is 5.91 Å². The quantitative estimate of drug-likeness (QED) is 0.931. The van der Waals surface area contributed by atoms with Gasteiger partial charge in [0.25, 0.3) is 0 Å². The Morgan fingerprint density at radius 1 is 1.40 bits per heavy atom. The highest BCUT2D eigenvalue weighted by atomic mass is 16.5. The number of carbonyl (C=O) groups excluding carboxylic acids is 1. The Hall–Kier alpha value is -2.50. The molecule has 4 rings (SSSR count). The van der Waals surface area contributed by atoms with Crippen LogP contribution in [0.2, 0.25) is 0 Å². The summed E-state index contributed by atoms with van der Waals surface area (Å²) in [7, 11) is 1.64.